The van der Waals surface area contributed by atoms with Crippen molar-refractivity contribution in [1.82, 2.24) is 15.5 Å². The molecule has 0 radical (unpaired) electrons. The Balaban J connectivity index is 2.83. The van der Waals surface area contributed by atoms with Crippen LogP contribution in [0.4, 0.5) is 0 Å². The van der Waals surface area contributed by atoms with E-state index >= 15 is 0 Å². The van der Waals surface area contributed by atoms with Gasteiger partial charge in [0.15, 0.2) is 0 Å². The van der Waals surface area contributed by atoms with Crippen LogP contribution >= 0.6 is 0 Å². The highest BCUT2D eigenvalue weighted by Gasteiger charge is 2.38. The monoisotopic (exact) mass is 430 g/mol. The zero-order chi connectivity index (χ0) is 23.0. The number of likely N-dealkylation sites (tertiary alicyclic amines) is 1. The summed E-state index contributed by atoms with van der Waals surface area (Å²) in [4.78, 5) is 70.9. The van der Waals surface area contributed by atoms with Crippen molar-refractivity contribution < 1.29 is 44.1 Å². The van der Waals surface area contributed by atoms with Gasteiger partial charge >= 0.3 is 17.9 Å². The number of nitrogens with zero attached hydrogens (tertiary/aromatic N) is 1. The Morgan fingerprint density at radius 2 is 1.67 bits per heavy atom. The Bertz CT molecular complexity index is 711. The maximum absolute atomic E-state index is 12.8. The number of amides is 3. The molecular formula is C17H26N4O9. The van der Waals surface area contributed by atoms with Crippen LogP contribution in [0.1, 0.15) is 39.0 Å². The number of rotatable bonds is 11. The summed E-state index contributed by atoms with van der Waals surface area (Å²) in [6.07, 6.45) is -0.676. The van der Waals surface area contributed by atoms with Gasteiger partial charge in [-0.05, 0) is 26.2 Å². The third-order valence-corrected chi connectivity index (χ3v) is 4.57. The fourth-order valence-corrected chi connectivity index (χ4v) is 2.98. The predicted octanol–water partition coefficient (Wildman–Crippen LogP) is -2.28. The number of carboxylic acid groups (broad SMARTS) is 3. The summed E-state index contributed by atoms with van der Waals surface area (Å²) in [5.74, 6) is -6.15. The Hall–Kier alpha value is -3.22. The van der Waals surface area contributed by atoms with E-state index in [0.717, 1.165) is 4.90 Å². The second-order valence-electron chi connectivity index (χ2n) is 6.96. The molecule has 0 saturated carbocycles. The lowest BCUT2D eigenvalue weighted by molar-refractivity contribution is -0.150. The molecule has 13 nitrogen and oxygen atoms in total. The second kappa shape index (κ2) is 11.1. The van der Waals surface area contributed by atoms with Gasteiger partial charge in [0.2, 0.25) is 17.7 Å². The first-order chi connectivity index (χ1) is 13.9. The van der Waals surface area contributed by atoms with Crippen LogP contribution in [0, 0.1) is 0 Å². The molecule has 0 aromatic carbocycles. The highest BCUT2D eigenvalue weighted by atomic mass is 16.4. The molecule has 30 heavy (non-hydrogen) atoms. The van der Waals surface area contributed by atoms with Crippen LogP contribution in [0.3, 0.4) is 0 Å². The van der Waals surface area contributed by atoms with Crippen molar-refractivity contribution >= 4 is 35.6 Å². The predicted molar refractivity (Wildman–Crippen MR) is 99.0 cm³/mol. The van der Waals surface area contributed by atoms with Crippen molar-refractivity contribution in [1.29, 1.82) is 0 Å². The molecule has 1 fully saturated rings. The lowest BCUT2D eigenvalue weighted by Crippen LogP contribution is -2.56. The zero-order valence-electron chi connectivity index (χ0n) is 16.4. The highest BCUT2D eigenvalue weighted by Crippen LogP contribution is 2.19. The van der Waals surface area contributed by atoms with E-state index < -0.39 is 72.6 Å². The van der Waals surface area contributed by atoms with Crippen molar-refractivity contribution in [3.8, 4) is 0 Å². The fraction of sp³-hybridized carbons (Fsp3) is 0.647. The van der Waals surface area contributed by atoms with E-state index in [9.17, 15) is 33.9 Å². The average molecular weight is 430 g/mol. The number of aliphatic carboxylic acids is 3. The largest absolute Gasteiger partial charge is 0.481 e. The van der Waals surface area contributed by atoms with Crippen molar-refractivity contribution in [2.75, 3.05) is 6.54 Å². The number of hydrogen-bond donors (Lipinski definition) is 6. The Morgan fingerprint density at radius 1 is 1.03 bits per heavy atom. The molecule has 0 spiro atoms. The molecule has 1 aliphatic heterocycles. The lowest BCUT2D eigenvalue weighted by Gasteiger charge is -2.28. The molecule has 1 heterocycles. The number of nitrogens with two attached hydrogens (primary N) is 1. The summed E-state index contributed by atoms with van der Waals surface area (Å²) in [5, 5.41) is 31.3. The maximum Gasteiger partial charge on any atom is 0.326 e. The smallest absolute Gasteiger partial charge is 0.326 e. The van der Waals surface area contributed by atoms with E-state index in [1.165, 1.54) is 6.92 Å². The number of carboxylic acids is 3. The van der Waals surface area contributed by atoms with Crippen molar-refractivity contribution in [2.24, 2.45) is 5.73 Å². The summed E-state index contributed by atoms with van der Waals surface area (Å²) < 4.78 is 0. The second-order valence-corrected chi connectivity index (χ2v) is 6.96. The molecule has 0 aliphatic carbocycles. The summed E-state index contributed by atoms with van der Waals surface area (Å²) in [5.41, 5.74) is 5.42. The van der Waals surface area contributed by atoms with Gasteiger partial charge in [-0.25, -0.2) is 4.79 Å². The molecule has 0 bridgehead atoms. The molecule has 3 amide bonds. The van der Waals surface area contributed by atoms with Gasteiger partial charge in [-0.2, -0.15) is 0 Å². The van der Waals surface area contributed by atoms with Crippen LogP contribution in [-0.2, 0) is 28.8 Å². The Kier molecular flexibility index (Phi) is 9.17. The number of carbonyl (C=O) groups excluding carboxylic acids is 3. The molecular weight excluding hydrogens is 404 g/mol. The van der Waals surface area contributed by atoms with E-state index in [-0.39, 0.29) is 19.4 Å². The highest BCUT2D eigenvalue weighted by molar-refractivity contribution is 5.94. The van der Waals surface area contributed by atoms with E-state index in [4.69, 9.17) is 15.9 Å². The molecule has 0 aromatic rings. The minimum absolute atomic E-state index is 0.158. The van der Waals surface area contributed by atoms with Gasteiger partial charge in [0.05, 0.1) is 12.5 Å². The van der Waals surface area contributed by atoms with Gasteiger partial charge in [-0.3, -0.25) is 24.0 Å². The van der Waals surface area contributed by atoms with Gasteiger partial charge in [-0.1, -0.05) is 0 Å². The van der Waals surface area contributed by atoms with Gasteiger partial charge in [0.1, 0.15) is 18.1 Å². The van der Waals surface area contributed by atoms with E-state index in [1.807, 2.05) is 0 Å². The standard InChI is InChI=1S/C17H26N4O9/c1-8(19-15(27)9(18)7-13(24)25)14(26)20-10(4-5-12(22)23)16(28)21-6-2-3-11(21)17(29)30/h8-11H,2-7,18H2,1H3,(H,19,27)(H,20,26)(H,22,23)(H,24,25)(H,29,30). The van der Waals surface area contributed by atoms with Crippen LogP contribution in [-0.4, -0.2) is 86.6 Å². The molecule has 1 rings (SSSR count). The molecule has 1 aliphatic rings. The molecule has 168 valence electrons. The molecule has 0 aromatic heterocycles. The zero-order valence-corrected chi connectivity index (χ0v) is 16.4. The van der Waals surface area contributed by atoms with Gasteiger partial charge in [-0.15, -0.1) is 0 Å². The summed E-state index contributed by atoms with van der Waals surface area (Å²) in [7, 11) is 0. The third kappa shape index (κ3) is 7.31. The van der Waals surface area contributed by atoms with E-state index in [1.54, 1.807) is 0 Å². The third-order valence-electron chi connectivity index (χ3n) is 4.57. The molecule has 4 atom stereocenters. The fourth-order valence-electron chi connectivity index (χ4n) is 2.98. The number of hydrogen-bond acceptors (Lipinski definition) is 7. The molecule has 7 N–H and O–H groups in total. The first-order valence-corrected chi connectivity index (χ1v) is 9.27. The van der Waals surface area contributed by atoms with Crippen LogP contribution < -0.4 is 16.4 Å². The van der Waals surface area contributed by atoms with E-state index in [2.05, 4.69) is 10.6 Å². The normalized spacial score (nSPS) is 18.7. The van der Waals surface area contributed by atoms with Crippen molar-refractivity contribution in [3.05, 3.63) is 0 Å². The number of nitrogens with one attached hydrogen (secondary N) is 2. The quantitative estimate of drug-likeness (QED) is 0.206. The molecule has 13 heteroatoms. The topological polar surface area (TPSA) is 216 Å². The van der Waals surface area contributed by atoms with Crippen molar-refractivity contribution in [2.45, 2.75) is 63.2 Å². The molecule has 4 unspecified atom stereocenters. The average Bonchev–Trinajstić information content (AvgIpc) is 3.13. The van der Waals surface area contributed by atoms with E-state index in [0.29, 0.717) is 6.42 Å². The van der Waals surface area contributed by atoms with Gasteiger partial charge in [0, 0.05) is 13.0 Å². The van der Waals surface area contributed by atoms with Crippen LogP contribution in [0.25, 0.3) is 0 Å². The molecule has 1 saturated heterocycles. The summed E-state index contributed by atoms with van der Waals surface area (Å²) in [6.45, 7) is 1.43. The summed E-state index contributed by atoms with van der Waals surface area (Å²) >= 11 is 0. The lowest BCUT2D eigenvalue weighted by atomic mass is 10.1. The maximum atomic E-state index is 12.8. The Morgan fingerprint density at radius 3 is 2.20 bits per heavy atom. The minimum atomic E-state index is -1.39. The van der Waals surface area contributed by atoms with Crippen LogP contribution in [0.5, 0.6) is 0 Å². The first kappa shape index (κ1) is 24.8. The van der Waals surface area contributed by atoms with Crippen LogP contribution in [0.15, 0.2) is 0 Å². The number of carbonyl (C=O) groups is 6. The van der Waals surface area contributed by atoms with Crippen molar-refractivity contribution in [3.63, 3.8) is 0 Å². The van der Waals surface area contributed by atoms with Gasteiger partial charge in [0.25, 0.3) is 0 Å². The SMILES string of the molecule is CC(NC(=O)C(N)CC(=O)O)C(=O)NC(CCC(=O)O)C(=O)N1CCCC1C(=O)O. The first-order valence-electron chi connectivity index (χ1n) is 9.27. The Labute approximate surface area is 171 Å². The summed E-state index contributed by atoms with van der Waals surface area (Å²) in [6, 6.07) is -4.96. The van der Waals surface area contributed by atoms with Crippen LogP contribution in [0.2, 0.25) is 0 Å². The van der Waals surface area contributed by atoms with Gasteiger partial charge < -0.3 is 36.6 Å². The minimum Gasteiger partial charge on any atom is -0.481 e.